The minimum absolute atomic E-state index is 0.155. The smallest absolute Gasteiger partial charge is 0.326 e. The average molecular weight is 185 g/mol. The fourth-order valence-electron chi connectivity index (χ4n) is 1.90. The molecule has 0 aromatic rings. The van der Waals surface area contributed by atoms with Crippen molar-refractivity contribution in [3.05, 3.63) is 0 Å². The first-order chi connectivity index (χ1) is 5.86. The van der Waals surface area contributed by atoms with E-state index in [9.17, 15) is 9.59 Å². The number of rotatable bonds is 1. The third-order valence-electron chi connectivity index (χ3n) is 2.69. The first-order valence-corrected chi connectivity index (χ1v) is 4.36. The number of hydrogen-bond donors (Lipinski definition) is 1. The van der Waals surface area contributed by atoms with Gasteiger partial charge >= 0.3 is 5.97 Å². The second-order valence-electron chi connectivity index (χ2n) is 4.19. The van der Waals surface area contributed by atoms with Crippen LogP contribution in [-0.4, -0.2) is 34.5 Å². The summed E-state index contributed by atoms with van der Waals surface area (Å²) in [5.74, 6) is -1.06. The monoisotopic (exact) mass is 185 g/mol. The quantitative estimate of drug-likeness (QED) is 0.654. The topological polar surface area (TPSA) is 57.6 Å². The molecule has 1 N–H and O–H groups in total. The lowest BCUT2D eigenvalue weighted by atomic mass is 9.85. The van der Waals surface area contributed by atoms with Crippen molar-refractivity contribution in [3.8, 4) is 0 Å². The van der Waals surface area contributed by atoms with Crippen molar-refractivity contribution in [3.63, 3.8) is 0 Å². The van der Waals surface area contributed by atoms with Gasteiger partial charge < -0.3 is 10.0 Å². The highest BCUT2D eigenvalue weighted by Crippen LogP contribution is 2.36. The second-order valence-corrected chi connectivity index (χ2v) is 4.19. The van der Waals surface area contributed by atoms with Crippen LogP contribution in [0.5, 0.6) is 0 Å². The molecule has 4 nitrogen and oxygen atoms in total. The Morgan fingerprint density at radius 3 is 2.31 bits per heavy atom. The molecular weight excluding hydrogens is 170 g/mol. The molecule has 0 aromatic carbocycles. The third-order valence-corrected chi connectivity index (χ3v) is 2.69. The van der Waals surface area contributed by atoms with E-state index >= 15 is 0 Å². The van der Waals surface area contributed by atoms with Gasteiger partial charge in [-0.15, -0.1) is 0 Å². The van der Waals surface area contributed by atoms with E-state index in [0.717, 1.165) is 6.42 Å². The van der Waals surface area contributed by atoms with Crippen molar-refractivity contribution >= 4 is 11.9 Å². The van der Waals surface area contributed by atoms with Crippen molar-refractivity contribution in [2.45, 2.75) is 33.2 Å². The van der Waals surface area contributed by atoms with Crippen molar-refractivity contribution in [2.75, 3.05) is 6.54 Å². The molecule has 13 heavy (non-hydrogen) atoms. The Morgan fingerprint density at radius 2 is 2.00 bits per heavy atom. The molecule has 1 fully saturated rings. The van der Waals surface area contributed by atoms with Gasteiger partial charge in [0.1, 0.15) is 6.04 Å². The Kier molecular flexibility index (Phi) is 2.32. The van der Waals surface area contributed by atoms with E-state index in [1.165, 1.54) is 11.8 Å². The summed E-state index contributed by atoms with van der Waals surface area (Å²) in [5, 5.41) is 8.97. The number of carboxylic acid groups (broad SMARTS) is 1. The molecule has 1 aliphatic rings. The molecule has 0 unspecified atom stereocenters. The van der Waals surface area contributed by atoms with Gasteiger partial charge in [-0.1, -0.05) is 13.8 Å². The van der Waals surface area contributed by atoms with Crippen LogP contribution in [0.4, 0.5) is 0 Å². The van der Waals surface area contributed by atoms with E-state index in [2.05, 4.69) is 0 Å². The number of carbonyl (C=O) groups is 2. The Hall–Kier alpha value is -1.06. The van der Waals surface area contributed by atoms with Gasteiger partial charge in [0.2, 0.25) is 5.91 Å². The number of aliphatic carboxylic acids is 1. The molecule has 4 heteroatoms. The predicted molar refractivity (Wildman–Crippen MR) is 47.2 cm³/mol. The Bertz CT molecular complexity index is 247. The predicted octanol–water partition coefficient (Wildman–Crippen LogP) is 0.718. The first-order valence-electron chi connectivity index (χ1n) is 4.36. The van der Waals surface area contributed by atoms with Gasteiger partial charge in [0.15, 0.2) is 0 Å². The SMILES string of the molecule is CC(=O)N1CCC(C)(C)[C@H]1C(=O)O. The molecule has 0 aliphatic carbocycles. The van der Waals surface area contributed by atoms with Gasteiger partial charge in [-0.25, -0.2) is 4.79 Å². The number of carboxylic acids is 1. The second kappa shape index (κ2) is 3.01. The van der Waals surface area contributed by atoms with Gasteiger partial charge in [0, 0.05) is 13.5 Å². The van der Waals surface area contributed by atoms with E-state index in [1.807, 2.05) is 13.8 Å². The fourth-order valence-corrected chi connectivity index (χ4v) is 1.90. The van der Waals surface area contributed by atoms with Crippen molar-refractivity contribution in [1.82, 2.24) is 4.90 Å². The normalized spacial score (nSPS) is 26.1. The zero-order valence-electron chi connectivity index (χ0n) is 8.20. The number of nitrogens with zero attached hydrogens (tertiary/aromatic N) is 1. The highest BCUT2D eigenvalue weighted by Gasteiger charge is 2.46. The molecule has 74 valence electrons. The van der Waals surface area contributed by atoms with Crippen LogP contribution in [-0.2, 0) is 9.59 Å². The van der Waals surface area contributed by atoms with Gasteiger partial charge in [0.25, 0.3) is 0 Å². The number of carbonyl (C=O) groups excluding carboxylic acids is 1. The summed E-state index contributed by atoms with van der Waals surface area (Å²) in [6.07, 6.45) is 0.754. The lowest BCUT2D eigenvalue weighted by molar-refractivity contribution is -0.150. The van der Waals surface area contributed by atoms with Gasteiger partial charge in [0.05, 0.1) is 0 Å². The van der Waals surface area contributed by atoms with Crippen molar-refractivity contribution in [2.24, 2.45) is 5.41 Å². The standard InChI is InChI=1S/C9H15NO3/c1-6(11)10-5-4-9(2,3)7(10)8(12)13/h7H,4-5H2,1-3H3,(H,12,13)/t7-/m1/s1. The molecule has 1 amide bonds. The molecular formula is C9H15NO3. The van der Waals surface area contributed by atoms with E-state index in [-0.39, 0.29) is 11.3 Å². The third kappa shape index (κ3) is 1.66. The van der Waals surface area contributed by atoms with Crippen molar-refractivity contribution in [1.29, 1.82) is 0 Å². The van der Waals surface area contributed by atoms with Crippen LogP contribution < -0.4 is 0 Å². The molecule has 0 aromatic heterocycles. The van der Waals surface area contributed by atoms with Crippen molar-refractivity contribution < 1.29 is 14.7 Å². The first kappa shape index (κ1) is 10.0. The maximum absolute atomic E-state index is 11.1. The molecule has 0 saturated carbocycles. The summed E-state index contributed by atoms with van der Waals surface area (Å²) in [5.41, 5.74) is -0.308. The van der Waals surface area contributed by atoms with Crippen LogP contribution in [0.1, 0.15) is 27.2 Å². The average Bonchev–Trinajstić information content (AvgIpc) is 2.24. The minimum Gasteiger partial charge on any atom is -0.480 e. The number of likely N-dealkylation sites (tertiary alicyclic amines) is 1. The molecule has 1 heterocycles. The zero-order chi connectivity index (χ0) is 10.2. The molecule has 1 aliphatic heterocycles. The van der Waals surface area contributed by atoms with Crippen LogP contribution in [0.2, 0.25) is 0 Å². The molecule has 0 spiro atoms. The summed E-state index contributed by atoms with van der Waals surface area (Å²) in [4.78, 5) is 23.5. The van der Waals surface area contributed by atoms with E-state index in [1.54, 1.807) is 0 Å². The molecule has 0 bridgehead atoms. The molecule has 1 rings (SSSR count). The zero-order valence-corrected chi connectivity index (χ0v) is 8.20. The number of amides is 1. The molecule has 0 radical (unpaired) electrons. The molecule has 1 atom stereocenters. The van der Waals surface area contributed by atoms with Gasteiger partial charge in [-0.05, 0) is 11.8 Å². The maximum atomic E-state index is 11.1. The Labute approximate surface area is 77.5 Å². The summed E-state index contributed by atoms with van der Waals surface area (Å²) >= 11 is 0. The highest BCUT2D eigenvalue weighted by molar-refractivity contribution is 5.83. The Balaban J connectivity index is 2.92. The number of hydrogen-bond acceptors (Lipinski definition) is 2. The maximum Gasteiger partial charge on any atom is 0.326 e. The summed E-state index contributed by atoms with van der Waals surface area (Å²) < 4.78 is 0. The van der Waals surface area contributed by atoms with Gasteiger partial charge in [-0.2, -0.15) is 0 Å². The summed E-state index contributed by atoms with van der Waals surface area (Å²) in [6, 6.07) is -0.662. The fraction of sp³-hybridized carbons (Fsp3) is 0.778. The highest BCUT2D eigenvalue weighted by atomic mass is 16.4. The van der Waals surface area contributed by atoms with Gasteiger partial charge in [-0.3, -0.25) is 4.79 Å². The van der Waals surface area contributed by atoms with Crippen LogP contribution in [0.25, 0.3) is 0 Å². The van der Waals surface area contributed by atoms with Crippen LogP contribution in [0, 0.1) is 5.41 Å². The Morgan fingerprint density at radius 1 is 1.46 bits per heavy atom. The van der Waals surface area contributed by atoms with Crippen LogP contribution in [0.3, 0.4) is 0 Å². The largest absolute Gasteiger partial charge is 0.480 e. The van der Waals surface area contributed by atoms with E-state index in [0.29, 0.717) is 6.54 Å². The summed E-state index contributed by atoms with van der Waals surface area (Å²) in [6.45, 7) is 5.74. The lowest BCUT2D eigenvalue weighted by Gasteiger charge is -2.28. The lowest BCUT2D eigenvalue weighted by Crippen LogP contribution is -2.45. The summed E-state index contributed by atoms with van der Waals surface area (Å²) in [7, 11) is 0. The van der Waals surface area contributed by atoms with Crippen LogP contribution >= 0.6 is 0 Å². The van der Waals surface area contributed by atoms with E-state index in [4.69, 9.17) is 5.11 Å². The van der Waals surface area contributed by atoms with E-state index < -0.39 is 12.0 Å². The van der Waals surface area contributed by atoms with Crippen LogP contribution in [0.15, 0.2) is 0 Å². The minimum atomic E-state index is -0.905. The molecule has 1 saturated heterocycles.